The molecule has 2 rings (SSSR count). The van der Waals surface area contributed by atoms with Crippen LogP contribution in [0.5, 0.6) is 0 Å². The molecule has 2 fully saturated rings. The molecule has 1 amide bonds. The molecule has 0 unspecified atom stereocenters. The molecule has 1 heterocycles. The monoisotopic (exact) mass is 283 g/mol. The molecule has 0 radical (unpaired) electrons. The van der Waals surface area contributed by atoms with Gasteiger partial charge in [0.25, 0.3) is 0 Å². The topological polar surface area (TPSA) is 58.8 Å². The molecule has 0 aromatic rings. The molecule has 1 saturated heterocycles. The minimum Gasteiger partial charge on any atom is -0.378 e. The molecule has 0 bridgehead atoms. The lowest BCUT2D eigenvalue weighted by atomic mass is 9.91. The van der Waals surface area contributed by atoms with Gasteiger partial charge in [0.05, 0.1) is 13.2 Å². The molecule has 5 nitrogen and oxygen atoms in total. The largest absolute Gasteiger partial charge is 0.378 e. The molecular formula is C15H29N3O2. The van der Waals surface area contributed by atoms with Gasteiger partial charge in [-0.25, -0.2) is 0 Å². The summed E-state index contributed by atoms with van der Waals surface area (Å²) in [6.07, 6.45) is 6.30. The minimum atomic E-state index is 0.285. The van der Waals surface area contributed by atoms with Crippen molar-refractivity contribution in [2.45, 2.75) is 50.6 Å². The quantitative estimate of drug-likeness (QED) is 0.812. The van der Waals surface area contributed by atoms with Crippen LogP contribution in [0.3, 0.4) is 0 Å². The molecule has 0 spiro atoms. The van der Waals surface area contributed by atoms with Crippen LogP contribution in [0.1, 0.15) is 38.5 Å². The predicted molar refractivity (Wildman–Crippen MR) is 79.5 cm³/mol. The molecule has 0 atom stereocenters. The highest BCUT2D eigenvalue weighted by atomic mass is 16.5. The first kappa shape index (κ1) is 15.7. The van der Waals surface area contributed by atoms with Gasteiger partial charge in [0.15, 0.2) is 0 Å². The summed E-state index contributed by atoms with van der Waals surface area (Å²) >= 11 is 0. The van der Waals surface area contributed by atoms with E-state index in [4.69, 9.17) is 10.5 Å². The highest BCUT2D eigenvalue weighted by Crippen LogP contribution is 2.21. The SMILES string of the molecule is CN(CCCC(=O)N1CCOCC1)C1CCC(N)CC1. The number of morpholine rings is 1. The van der Waals surface area contributed by atoms with Gasteiger partial charge in [-0.15, -0.1) is 0 Å². The lowest BCUT2D eigenvalue weighted by molar-refractivity contribution is -0.135. The third kappa shape index (κ3) is 4.72. The van der Waals surface area contributed by atoms with E-state index in [1.54, 1.807) is 0 Å². The zero-order valence-corrected chi connectivity index (χ0v) is 12.7. The van der Waals surface area contributed by atoms with E-state index in [0.29, 0.717) is 31.7 Å². The van der Waals surface area contributed by atoms with Gasteiger partial charge in [-0.3, -0.25) is 4.79 Å². The number of carbonyl (C=O) groups excluding carboxylic acids is 1. The number of ether oxygens (including phenoxy) is 1. The summed E-state index contributed by atoms with van der Waals surface area (Å²) < 4.78 is 5.27. The molecule has 0 aromatic heterocycles. The molecule has 20 heavy (non-hydrogen) atoms. The van der Waals surface area contributed by atoms with Gasteiger partial charge >= 0.3 is 0 Å². The van der Waals surface area contributed by atoms with Crippen LogP contribution in [0.4, 0.5) is 0 Å². The summed E-state index contributed by atoms with van der Waals surface area (Å²) in [5, 5.41) is 0. The van der Waals surface area contributed by atoms with E-state index in [1.165, 1.54) is 12.8 Å². The van der Waals surface area contributed by atoms with Crippen LogP contribution < -0.4 is 5.73 Å². The van der Waals surface area contributed by atoms with Crippen molar-refractivity contribution in [2.24, 2.45) is 5.73 Å². The van der Waals surface area contributed by atoms with E-state index in [-0.39, 0.29) is 5.91 Å². The highest BCUT2D eigenvalue weighted by Gasteiger charge is 2.22. The van der Waals surface area contributed by atoms with Crippen molar-refractivity contribution in [3.05, 3.63) is 0 Å². The zero-order valence-electron chi connectivity index (χ0n) is 12.7. The van der Waals surface area contributed by atoms with Gasteiger partial charge in [-0.1, -0.05) is 0 Å². The average molecular weight is 283 g/mol. The van der Waals surface area contributed by atoms with Crippen LogP contribution in [0.15, 0.2) is 0 Å². The van der Waals surface area contributed by atoms with Crippen LogP contribution in [0.25, 0.3) is 0 Å². The maximum absolute atomic E-state index is 12.0. The van der Waals surface area contributed by atoms with E-state index in [0.717, 1.165) is 38.9 Å². The van der Waals surface area contributed by atoms with Crippen molar-refractivity contribution < 1.29 is 9.53 Å². The van der Waals surface area contributed by atoms with Crippen LogP contribution in [-0.2, 0) is 9.53 Å². The van der Waals surface area contributed by atoms with E-state index in [1.807, 2.05) is 4.90 Å². The molecular weight excluding hydrogens is 254 g/mol. The van der Waals surface area contributed by atoms with Gasteiger partial charge in [0.2, 0.25) is 5.91 Å². The lowest BCUT2D eigenvalue weighted by Crippen LogP contribution is -2.41. The first-order valence-corrected chi connectivity index (χ1v) is 7.98. The van der Waals surface area contributed by atoms with Crippen LogP contribution in [0.2, 0.25) is 0 Å². The summed E-state index contributed by atoms with van der Waals surface area (Å²) in [7, 11) is 2.18. The summed E-state index contributed by atoms with van der Waals surface area (Å²) in [6.45, 7) is 3.91. The van der Waals surface area contributed by atoms with E-state index in [2.05, 4.69) is 11.9 Å². The van der Waals surface area contributed by atoms with Gasteiger partial charge in [0.1, 0.15) is 0 Å². The average Bonchev–Trinajstić information content (AvgIpc) is 2.48. The van der Waals surface area contributed by atoms with Gasteiger partial charge < -0.3 is 20.3 Å². The zero-order chi connectivity index (χ0) is 14.4. The fourth-order valence-corrected chi connectivity index (χ4v) is 3.18. The smallest absolute Gasteiger partial charge is 0.222 e. The maximum Gasteiger partial charge on any atom is 0.222 e. The third-order valence-corrected chi connectivity index (χ3v) is 4.63. The maximum atomic E-state index is 12.0. The number of nitrogens with zero attached hydrogens (tertiary/aromatic N) is 2. The third-order valence-electron chi connectivity index (χ3n) is 4.63. The Morgan fingerprint density at radius 3 is 2.55 bits per heavy atom. The van der Waals surface area contributed by atoms with E-state index < -0.39 is 0 Å². The Morgan fingerprint density at radius 1 is 1.25 bits per heavy atom. The number of amides is 1. The van der Waals surface area contributed by atoms with Crippen molar-refractivity contribution in [1.82, 2.24) is 9.80 Å². The van der Waals surface area contributed by atoms with Crippen LogP contribution >= 0.6 is 0 Å². The molecule has 116 valence electrons. The molecule has 2 aliphatic rings. The normalized spacial score (nSPS) is 27.9. The second-order valence-electron chi connectivity index (χ2n) is 6.15. The molecule has 1 aliphatic heterocycles. The second kappa shape index (κ2) is 7.96. The number of carbonyl (C=O) groups is 1. The van der Waals surface area contributed by atoms with Gasteiger partial charge in [-0.2, -0.15) is 0 Å². The Hall–Kier alpha value is -0.650. The summed E-state index contributed by atoms with van der Waals surface area (Å²) in [5.41, 5.74) is 5.94. The summed E-state index contributed by atoms with van der Waals surface area (Å²) in [6, 6.07) is 1.07. The standard InChI is InChI=1S/C15H29N3O2/c1-17(14-6-4-13(16)5-7-14)8-2-3-15(19)18-9-11-20-12-10-18/h13-14H,2-12,16H2,1H3. The second-order valence-corrected chi connectivity index (χ2v) is 6.15. The van der Waals surface area contributed by atoms with Gasteiger partial charge in [-0.05, 0) is 45.7 Å². The summed E-state index contributed by atoms with van der Waals surface area (Å²) in [5.74, 6) is 0.285. The first-order chi connectivity index (χ1) is 9.66. The number of nitrogens with two attached hydrogens (primary N) is 1. The van der Waals surface area contributed by atoms with Crippen molar-refractivity contribution in [1.29, 1.82) is 0 Å². The van der Waals surface area contributed by atoms with Gasteiger partial charge in [0, 0.05) is 31.6 Å². The molecule has 1 saturated carbocycles. The minimum absolute atomic E-state index is 0.285. The molecule has 0 aromatic carbocycles. The van der Waals surface area contributed by atoms with Crippen molar-refractivity contribution in [3.8, 4) is 0 Å². The number of hydrogen-bond acceptors (Lipinski definition) is 4. The van der Waals surface area contributed by atoms with E-state index in [9.17, 15) is 4.79 Å². The van der Waals surface area contributed by atoms with Crippen molar-refractivity contribution in [2.75, 3.05) is 39.9 Å². The van der Waals surface area contributed by atoms with Crippen LogP contribution in [-0.4, -0.2) is 67.7 Å². The Labute approximate surface area is 122 Å². The number of rotatable bonds is 5. The Bertz CT molecular complexity index is 297. The Balaban J connectivity index is 1.61. The first-order valence-electron chi connectivity index (χ1n) is 7.98. The fraction of sp³-hybridized carbons (Fsp3) is 0.933. The van der Waals surface area contributed by atoms with Crippen molar-refractivity contribution in [3.63, 3.8) is 0 Å². The Morgan fingerprint density at radius 2 is 1.90 bits per heavy atom. The molecule has 1 aliphatic carbocycles. The molecule has 2 N–H and O–H groups in total. The highest BCUT2D eigenvalue weighted by molar-refractivity contribution is 5.76. The Kier molecular flexibility index (Phi) is 6.26. The summed E-state index contributed by atoms with van der Waals surface area (Å²) in [4.78, 5) is 16.4. The fourth-order valence-electron chi connectivity index (χ4n) is 3.18. The predicted octanol–water partition coefficient (Wildman–Crippen LogP) is 0.827. The van der Waals surface area contributed by atoms with Crippen LogP contribution in [0, 0.1) is 0 Å². The number of hydrogen-bond donors (Lipinski definition) is 1. The van der Waals surface area contributed by atoms with E-state index >= 15 is 0 Å². The molecule has 5 heteroatoms. The lowest BCUT2D eigenvalue weighted by Gasteiger charge is -2.33. The van der Waals surface area contributed by atoms with Crippen molar-refractivity contribution >= 4 is 5.91 Å².